The van der Waals surface area contributed by atoms with Crippen molar-refractivity contribution >= 4 is 26.7 Å². The number of benzene rings is 1. The van der Waals surface area contributed by atoms with E-state index < -0.39 is 11.7 Å². The minimum atomic E-state index is -4.30. The maximum atomic E-state index is 12.7. The molecule has 1 aromatic carbocycles. The topological polar surface area (TPSA) is 28.2 Å². The van der Waals surface area contributed by atoms with Crippen molar-refractivity contribution in [2.45, 2.75) is 19.1 Å². The first kappa shape index (κ1) is 13.6. The van der Waals surface area contributed by atoms with Crippen LogP contribution in [-0.4, -0.2) is 30.7 Å². The van der Waals surface area contributed by atoms with E-state index in [2.05, 4.69) is 22.1 Å². The van der Waals surface area contributed by atoms with Crippen LogP contribution in [0.25, 0.3) is 10.2 Å². The van der Waals surface area contributed by atoms with Crippen molar-refractivity contribution in [1.82, 2.24) is 10.3 Å². The molecule has 7 heteroatoms. The molecule has 0 saturated carbocycles. The van der Waals surface area contributed by atoms with E-state index in [1.54, 1.807) is 0 Å². The Hall–Kier alpha value is -1.34. The highest BCUT2D eigenvalue weighted by molar-refractivity contribution is 7.22. The molecule has 1 saturated heterocycles. The van der Waals surface area contributed by atoms with Crippen molar-refractivity contribution in [2.24, 2.45) is 0 Å². The van der Waals surface area contributed by atoms with Crippen molar-refractivity contribution in [2.75, 3.05) is 24.5 Å². The molecule has 1 atom stereocenters. The number of hydrogen-bond donors (Lipinski definition) is 1. The fourth-order valence-electron chi connectivity index (χ4n) is 2.33. The molecule has 3 rings (SSSR count). The van der Waals surface area contributed by atoms with E-state index in [0.717, 1.165) is 30.8 Å². The molecule has 0 spiro atoms. The van der Waals surface area contributed by atoms with E-state index >= 15 is 0 Å². The smallest absolute Gasteiger partial charge is 0.345 e. The molecule has 0 aliphatic carbocycles. The normalized spacial score (nSPS) is 20.6. The lowest BCUT2D eigenvalue weighted by atomic mass is 10.2. The summed E-state index contributed by atoms with van der Waals surface area (Å²) in [5.41, 5.74) is 0.0121. The van der Waals surface area contributed by atoms with Gasteiger partial charge < -0.3 is 10.2 Å². The summed E-state index contributed by atoms with van der Waals surface area (Å²) in [6, 6.07) is 4.08. The van der Waals surface area contributed by atoms with Crippen LogP contribution >= 0.6 is 11.3 Å². The van der Waals surface area contributed by atoms with Crippen LogP contribution in [-0.2, 0) is 6.18 Å². The molecule has 0 amide bonds. The number of halogens is 3. The van der Waals surface area contributed by atoms with Gasteiger partial charge in [0.15, 0.2) is 5.13 Å². The van der Waals surface area contributed by atoms with Crippen molar-refractivity contribution in [1.29, 1.82) is 0 Å². The lowest BCUT2D eigenvalue weighted by Crippen LogP contribution is -2.49. The molecule has 108 valence electrons. The third kappa shape index (κ3) is 2.60. The maximum absolute atomic E-state index is 12.7. The highest BCUT2D eigenvalue weighted by Gasteiger charge is 2.31. The summed E-state index contributed by atoms with van der Waals surface area (Å²) in [6.07, 6.45) is -4.30. The van der Waals surface area contributed by atoms with Crippen LogP contribution in [0, 0.1) is 0 Å². The summed E-state index contributed by atoms with van der Waals surface area (Å²) in [5.74, 6) is 0. The number of alkyl halides is 3. The first-order valence-corrected chi connectivity index (χ1v) is 7.21. The van der Waals surface area contributed by atoms with E-state index in [1.165, 1.54) is 23.5 Å². The SMILES string of the molecule is CC1CN(c2nc3ccc(C(F)(F)F)cc3s2)CCN1. The highest BCUT2D eigenvalue weighted by Crippen LogP contribution is 2.35. The number of aromatic nitrogens is 1. The van der Waals surface area contributed by atoms with Crippen LogP contribution in [0.2, 0.25) is 0 Å². The van der Waals surface area contributed by atoms with Crippen LogP contribution < -0.4 is 10.2 Å². The van der Waals surface area contributed by atoms with Crippen molar-refractivity contribution in [3.8, 4) is 0 Å². The molecule has 1 unspecified atom stereocenters. The van der Waals surface area contributed by atoms with Crippen LogP contribution in [0.15, 0.2) is 18.2 Å². The molecular weight excluding hydrogens is 287 g/mol. The Labute approximate surface area is 118 Å². The predicted octanol–water partition coefficient (Wildman–Crippen LogP) is 3.11. The van der Waals surface area contributed by atoms with Gasteiger partial charge in [0.1, 0.15) is 0 Å². The van der Waals surface area contributed by atoms with Crippen LogP contribution in [0.1, 0.15) is 12.5 Å². The Morgan fingerprint density at radius 1 is 1.40 bits per heavy atom. The molecule has 0 bridgehead atoms. The van der Waals surface area contributed by atoms with Gasteiger partial charge in [-0.05, 0) is 25.1 Å². The van der Waals surface area contributed by atoms with Gasteiger partial charge in [-0.25, -0.2) is 4.98 Å². The quantitative estimate of drug-likeness (QED) is 0.877. The molecule has 1 aliphatic rings. The standard InChI is InChI=1S/C13H14F3N3S/c1-8-7-19(5-4-17-8)12-18-10-3-2-9(13(14,15)16)6-11(10)20-12/h2-3,6,8,17H,4-5,7H2,1H3. The zero-order valence-corrected chi connectivity index (χ0v) is 11.7. The zero-order chi connectivity index (χ0) is 14.3. The number of nitrogens with one attached hydrogen (secondary N) is 1. The molecule has 2 aromatic rings. The summed E-state index contributed by atoms with van der Waals surface area (Å²) in [4.78, 5) is 6.57. The number of hydrogen-bond acceptors (Lipinski definition) is 4. The minimum Gasteiger partial charge on any atom is -0.345 e. The minimum absolute atomic E-state index is 0.362. The Balaban J connectivity index is 1.94. The highest BCUT2D eigenvalue weighted by atomic mass is 32.1. The first-order chi connectivity index (χ1) is 9.43. The van der Waals surface area contributed by atoms with Crippen molar-refractivity contribution < 1.29 is 13.2 Å². The molecular formula is C13H14F3N3S. The lowest BCUT2D eigenvalue weighted by Gasteiger charge is -2.31. The average molecular weight is 301 g/mol. The summed E-state index contributed by atoms with van der Waals surface area (Å²) in [6.45, 7) is 4.61. The first-order valence-electron chi connectivity index (χ1n) is 6.39. The van der Waals surface area contributed by atoms with E-state index in [4.69, 9.17) is 0 Å². The maximum Gasteiger partial charge on any atom is 0.416 e. The monoisotopic (exact) mass is 301 g/mol. The third-order valence-corrected chi connectivity index (χ3v) is 4.42. The van der Waals surface area contributed by atoms with Gasteiger partial charge in [0.25, 0.3) is 0 Å². The molecule has 20 heavy (non-hydrogen) atoms. The van der Waals surface area contributed by atoms with Gasteiger partial charge in [0.2, 0.25) is 0 Å². The summed E-state index contributed by atoms with van der Waals surface area (Å²) in [7, 11) is 0. The number of anilines is 1. The number of thiazole rings is 1. The van der Waals surface area contributed by atoms with Crippen molar-refractivity contribution in [3.63, 3.8) is 0 Å². The van der Waals surface area contributed by atoms with Gasteiger partial charge in [-0.3, -0.25) is 0 Å². The molecule has 2 heterocycles. The van der Waals surface area contributed by atoms with Gasteiger partial charge in [-0.1, -0.05) is 11.3 Å². The van der Waals surface area contributed by atoms with Crippen LogP contribution in [0.3, 0.4) is 0 Å². The predicted molar refractivity (Wildman–Crippen MR) is 74.3 cm³/mol. The molecule has 1 aromatic heterocycles. The molecule has 1 N–H and O–H groups in total. The summed E-state index contributed by atoms with van der Waals surface area (Å²) >= 11 is 1.32. The Morgan fingerprint density at radius 2 is 2.20 bits per heavy atom. The van der Waals surface area contributed by atoms with Crippen LogP contribution in [0.5, 0.6) is 0 Å². The number of piperazine rings is 1. The van der Waals surface area contributed by atoms with Gasteiger partial charge in [-0.2, -0.15) is 13.2 Å². The lowest BCUT2D eigenvalue weighted by molar-refractivity contribution is -0.137. The third-order valence-electron chi connectivity index (χ3n) is 3.34. The van der Waals surface area contributed by atoms with Gasteiger partial charge in [-0.15, -0.1) is 0 Å². The average Bonchev–Trinajstić information content (AvgIpc) is 2.80. The van der Waals surface area contributed by atoms with Gasteiger partial charge >= 0.3 is 6.18 Å². The Morgan fingerprint density at radius 3 is 2.90 bits per heavy atom. The van der Waals surface area contributed by atoms with Gasteiger partial charge in [0.05, 0.1) is 15.8 Å². The summed E-state index contributed by atoms with van der Waals surface area (Å²) in [5, 5.41) is 4.13. The molecule has 0 radical (unpaired) electrons. The van der Waals surface area contributed by atoms with E-state index in [0.29, 0.717) is 16.3 Å². The van der Waals surface area contributed by atoms with Crippen molar-refractivity contribution in [3.05, 3.63) is 23.8 Å². The number of fused-ring (bicyclic) bond motifs is 1. The summed E-state index contributed by atoms with van der Waals surface area (Å²) < 4.78 is 38.7. The second kappa shape index (κ2) is 4.89. The second-order valence-corrected chi connectivity index (χ2v) is 5.99. The van der Waals surface area contributed by atoms with Crippen LogP contribution in [0.4, 0.5) is 18.3 Å². The number of nitrogens with zero attached hydrogens (tertiary/aromatic N) is 2. The fraction of sp³-hybridized carbons (Fsp3) is 0.462. The largest absolute Gasteiger partial charge is 0.416 e. The van der Waals surface area contributed by atoms with E-state index in [9.17, 15) is 13.2 Å². The molecule has 1 aliphatic heterocycles. The Kier molecular flexibility index (Phi) is 3.33. The second-order valence-electron chi connectivity index (χ2n) is 4.98. The molecule has 3 nitrogen and oxygen atoms in total. The molecule has 1 fully saturated rings. The Bertz CT molecular complexity index is 623. The van der Waals surface area contributed by atoms with E-state index in [1.807, 2.05) is 0 Å². The van der Waals surface area contributed by atoms with Gasteiger partial charge in [0, 0.05) is 25.7 Å². The fourth-order valence-corrected chi connectivity index (χ4v) is 3.37. The zero-order valence-electron chi connectivity index (χ0n) is 10.9. The number of rotatable bonds is 1. The van der Waals surface area contributed by atoms with E-state index in [-0.39, 0.29) is 0 Å².